The molecule has 0 spiro atoms. The zero-order chi connectivity index (χ0) is 20.9. The van der Waals surface area contributed by atoms with Crippen molar-refractivity contribution in [2.24, 2.45) is 0 Å². The highest BCUT2D eigenvalue weighted by atomic mass is 32.1. The second-order valence-electron chi connectivity index (χ2n) is 6.31. The third kappa shape index (κ3) is 4.26. The first-order valence-electron chi connectivity index (χ1n) is 9.01. The SMILES string of the molecule is O=C(NNC(=O)[C@@H](NC(=O)c1cccs1)c1ccccc1)c1ccc2c(c1)OCO2. The summed E-state index contributed by atoms with van der Waals surface area (Å²) >= 11 is 1.27. The first-order valence-corrected chi connectivity index (χ1v) is 9.89. The average molecular weight is 423 g/mol. The molecule has 8 nitrogen and oxygen atoms in total. The Morgan fingerprint density at radius 1 is 0.867 bits per heavy atom. The second kappa shape index (κ2) is 8.66. The van der Waals surface area contributed by atoms with Crippen LogP contribution in [0.25, 0.3) is 0 Å². The Bertz CT molecular complexity index is 1070. The van der Waals surface area contributed by atoms with Gasteiger partial charge in [0, 0.05) is 5.56 Å². The molecule has 1 aliphatic heterocycles. The lowest BCUT2D eigenvalue weighted by Crippen LogP contribution is -2.48. The largest absolute Gasteiger partial charge is 0.454 e. The summed E-state index contributed by atoms with van der Waals surface area (Å²) in [6, 6.07) is 15.9. The highest BCUT2D eigenvalue weighted by Gasteiger charge is 2.24. The predicted octanol–water partition coefficient (Wildman–Crippen LogP) is 2.41. The van der Waals surface area contributed by atoms with Gasteiger partial charge >= 0.3 is 0 Å². The zero-order valence-corrected chi connectivity index (χ0v) is 16.4. The van der Waals surface area contributed by atoms with Crippen molar-refractivity contribution >= 4 is 29.1 Å². The van der Waals surface area contributed by atoms with Crippen LogP contribution in [-0.4, -0.2) is 24.5 Å². The van der Waals surface area contributed by atoms with E-state index in [9.17, 15) is 14.4 Å². The number of amides is 3. The Morgan fingerprint density at radius 2 is 1.67 bits per heavy atom. The standard InChI is InChI=1S/C21H17N3O5S/c25-19(14-8-9-15-16(11-14)29-12-28-15)23-24-21(27)18(13-5-2-1-3-6-13)22-20(26)17-7-4-10-30-17/h1-11,18H,12H2,(H,22,26)(H,23,25)(H,24,27)/t18-/m0/s1. The van der Waals surface area contributed by atoms with Gasteiger partial charge in [-0.2, -0.15) is 0 Å². The molecule has 9 heteroatoms. The van der Waals surface area contributed by atoms with Gasteiger partial charge in [-0.05, 0) is 35.2 Å². The lowest BCUT2D eigenvalue weighted by atomic mass is 10.1. The van der Waals surface area contributed by atoms with Gasteiger partial charge < -0.3 is 14.8 Å². The maximum absolute atomic E-state index is 12.8. The van der Waals surface area contributed by atoms with Crippen LogP contribution in [0.2, 0.25) is 0 Å². The van der Waals surface area contributed by atoms with Gasteiger partial charge in [0.25, 0.3) is 17.7 Å². The van der Waals surface area contributed by atoms with E-state index in [4.69, 9.17) is 9.47 Å². The summed E-state index contributed by atoms with van der Waals surface area (Å²) in [6.45, 7) is 0.0971. The van der Waals surface area contributed by atoms with E-state index in [1.54, 1.807) is 60.0 Å². The maximum Gasteiger partial charge on any atom is 0.269 e. The van der Waals surface area contributed by atoms with Gasteiger partial charge in [0.15, 0.2) is 11.5 Å². The van der Waals surface area contributed by atoms with E-state index >= 15 is 0 Å². The smallest absolute Gasteiger partial charge is 0.269 e. The summed E-state index contributed by atoms with van der Waals surface area (Å²) in [5, 5.41) is 4.48. The summed E-state index contributed by atoms with van der Waals surface area (Å²) in [5.74, 6) is -0.482. The van der Waals surface area contributed by atoms with Crippen LogP contribution in [0.5, 0.6) is 11.5 Å². The summed E-state index contributed by atoms with van der Waals surface area (Å²) in [7, 11) is 0. The molecule has 0 radical (unpaired) electrons. The molecule has 1 aromatic heterocycles. The summed E-state index contributed by atoms with van der Waals surface area (Å²) in [6.07, 6.45) is 0. The van der Waals surface area contributed by atoms with E-state index in [-0.39, 0.29) is 12.7 Å². The zero-order valence-electron chi connectivity index (χ0n) is 15.6. The van der Waals surface area contributed by atoms with Gasteiger partial charge in [0.2, 0.25) is 6.79 Å². The summed E-state index contributed by atoms with van der Waals surface area (Å²) in [5.41, 5.74) is 5.61. The lowest BCUT2D eigenvalue weighted by molar-refractivity contribution is -0.123. The number of benzene rings is 2. The number of thiophene rings is 1. The fourth-order valence-corrected chi connectivity index (χ4v) is 3.48. The minimum absolute atomic E-state index is 0.0971. The summed E-state index contributed by atoms with van der Waals surface area (Å²) in [4.78, 5) is 38.1. The van der Waals surface area contributed by atoms with E-state index in [1.165, 1.54) is 17.4 Å². The minimum Gasteiger partial charge on any atom is -0.454 e. The van der Waals surface area contributed by atoms with Crippen LogP contribution in [0.1, 0.15) is 31.6 Å². The Balaban J connectivity index is 1.45. The van der Waals surface area contributed by atoms with Crippen molar-refractivity contribution in [1.82, 2.24) is 16.2 Å². The maximum atomic E-state index is 12.8. The molecule has 2 aromatic carbocycles. The molecule has 0 saturated heterocycles. The number of carbonyl (C=O) groups is 3. The van der Waals surface area contributed by atoms with Gasteiger partial charge in [0.1, 0.15) is 6.04 Å². The van der Waals surface area contributed by atoms with Crippen LogP contribution in [0, 0.1) is 0 Å². The fourth-order valence-electron chi connectivity index (χ4n) is 2.86. The minimum atomic E-state index is -0.988. The molecule has 0 aliphatic carbocycles. The lowest BCUT2D eigenvalue weighted by Gasteiger charge is -2.19. The van der Waals surface area contributed by atoms with Crippen molar-refractivity contribution < 1.29 is 23.9 Å². The van der Waals surface area contributed by atoms with Crippen LogP contribution >= 0.6 is 11.3 Å². The van der Waals surface area contributed by atoms with Crippen LogP contribution < -0.4 is 25.6 Å². The number of hydrazine groups is 1. The molecule has 1 atom stereocenters. The van der Waals surface area contributed by atoms with Crippen molar-refractivity contribution in [2.75, 3.05) is 6.79 Å². The van der Waals surface area contributed by atoms with Crippen LogP contribution in [0.3, 0.4) is 0 Å². The highest BCUT2D eigenvalue weighted by molar-refractivity contribution is 7.12. The first kappa shape index (κ1) is 19.5. The van der Waals surface area contributed by atoms with E-state index in [1.807, 2.05) is 0 Å². The molecule has 152 valence electrons. The monoisotopic (exact) mass is 423 g/mol. The predicted molar refractivity (Wildman–Crippen MR) is 109 cm³/mol. The number of nitrogens with one attached hydrogen (secondary N) is 3. The molecule has 3 N–H and O–H groups in total. The first-order chi connectivity index (χ1) is 14.6. The molecule has 3 amide bonds. The Morgan fingerprint density at radius 3 is 2.43 bits per heavy atom. The number of hydrogen-bond acceptors (Lipinski definition) is 6. The van der Waals surface area contributed by atoms with E-state index in [0.717, 1.165) is 0 Å². The van der Waals surface area contributed by atoms with E-state index < -0.39 is 17.9 Å². The Labute approximate surface area is 175 Å². The molecule has 0 fully saturated rings. The molecule has 0 saturated carbocycles. The van der Waals surface area contributed by atoms with Crippen molar-refractivity contribution in [3.05, 3.63) is 82.0 Å². The van der Waals surface area contributed by atoms with E-state index in [2.05, 4.69) is 16.2 Å². The van der Waals surface area contributed by atoms with Crippen molar-refractivity contribution in [3.8, 4) is 11.5 Å². The number of hydrogen-bond donors (Lipinski definition) is 3. The Hall–Kier alpha value is -3.85. The fraction of sp³-hybridized carbons (Fsp3) is 0.0952. The third-order valence-electron chi connectivity index (χ3n) is 4.35. The molecule has 30 heavy (non-hydrogen) atoms. The normalized spacial score (nSPS) is 12.7. The molecule has 4 rings (SSSR count). The second-order valence-corrected chi connectivity index (χ2v) is 7.25. The van der Waals surface area contributed by atoms with Crippen molar-refractivity contribution in [2.45, 2.75) is 6.04 Å². The molecule has 2 heterocycles. The van der Waals surface area contributed by atoms with Crippen molar-refractivity contribution in [1.29, 1.82) is 0 Å². The van der Waals surface area contributed by atoms with Crippen LogP contribution in [-0.2, 0) is 4.79 Å². The highest BCUT2D eigenvalue weighted by Crippen LogP contribution is 2.32. The van der Waals surface area contributed by atoms with Crippen LogP contribution in [0.4, 0.5) is 0 Å². The molecular formula is C21H17N3O5S. The van der Waals surface area contributed by atoms with E-state index in [0.29, 0.717) is 27.5 Å². The molecule has 1 aliphatic rings. The quantitative estimate of drug-likeness (QED) is 0.547. The van der Waals surface area contributed by atoms with Gasteiger partial charge in [-0.15, -0.1) is 11.3 Å². The van der Waals surface area contributed by atoms with Gasteiger partial charge in [-0.1, -0.05) is 36.4 Å². The molecular weight excluding hydrogens is 406 g/mol. The van der Waals surface area contributed by atoms with Crippen LogP contribution in [0.15, 0.2) is 66.0 Å². The Kier molecular flexibility index (Phi) is 5.62. The van der Waals surface area contributed by atoms with Gasteiger partial charge in [-0.3, -0.25) is 25.2 Å². The molecule has 3 aromatic rings. The number of ether oxygens (including phenoxy) is 2. The number of rotatable bonds is 5. The van der Waals surface area contributed by atoms with Gasteiger partial charge in [0.05, 0.1) is 4.88 Å². The number of fused-ring (bicyclic) bond motifs is 1. The topological polar surface area (TPSA) is 106 Å². The van der Waals surface area contributed by atoms with Crippen molar-refractivity contribution in [3.63, 3.8) is 0 Å². The number of carbonyl (C=O) groups excluding carboxylic acids is 3. The molecule has 0 bridgehead atoms. The average Bonchev–Trinajstić information content (AvgIpc) is 3.47. The molecule has 0 unspecified atom stereocenters. The third-order valence-corrected chi connectivity index (χ3v) is 5.22. The van der Waals surface area contributed by atoms with Gasteiger partial charge in [-0.25, -0.2) is 0 Å². The summed E-state index contributed by atoms with van der Waals surface area (Å²) < 4.78 is 10.5.